The van der Waals surface area contributed by atoms with Gasteiger partial charge in [0.2, 0.25) is 5.89 Å². The van der Waals surface area contributed by atoms with Gasteiger partial charge in [-0.15, -0.1) is 0 Å². The fourth-order valence-electron chi connectivity index (χ4n) is 1.55. The number of hydrogen-bond donors (Lipinski definition) is 2. The van der Waals surface area contributed by atoms with Crippen LogP contribution in [0.25, 0.3) is 22.6 Å². The van der Waals surface area contributed by atoms with Crippen molar-refractivity contribution in [2.45, 2.75) is 0 Å². The van der Waals surface area contributed by atoms with Gasteiger partial charge in [0.05, 0.1) is 17.3 Å². The van der Waals surface area contributed by atoms with E-state index in [1.165, 1.54) is 12.1 Å². The Morgan fingerprint density at radius 3 is 3.00 bits per heavy atom. The Morgan fingerprint density at radius 2 is 2.29 bits per heavy atom. The summed E-state index contributed by atoms with van der Waals surface area (Å²) in [5.74, 6) is -0.579. The summed E-state index contributed by atoms with van der Waals surface area (Å²) in [6.45, 7) is 0. The molecule has 6 nitrogen and oxygen atoms in total. The highest BCUT2D eigenvalue weighted by Crippen LogP contribution is 2.23. The van der Waals surface area contributed by atoms with Crippen LogP contribution in [0.1, 0.15) is 10.4 Å². The number of carboxylic acid groups (broad SMARTS) is 1. The van der Waals surface area contributed by atoms with Crippen molar-refractivity contribution < 1.29 is 14.3 Å². The summed E-state index contributed by atoms with van der Waals surface area (Å²) in [4.78, 5) is 15.0. The smallest absolute Gasteiger partial charge is 0.335 e. The first-order valence-corrected chi connectivity index (χ1v) is 4.87. The molecule has 0 aliphatic rings. The number of fused-ring (bicyclic) bond motifs is 1. The molecule has 1 aromatic carbocycles. The van der Waals surface area contributed by atoms with Gasteiger partial charge in [-0.3, -0.25) is 5.10 Å². The van der Waals surface area contributed by atoms with Crippen molar-refractivity contribution in [1.29, 1.82) is 0 Å². The largest absolute Gasteiger partial charge is 0.478 e. The van der Waals surface area contributed by atoms with Gasteiger partial charge < -0.3 is 9.52 Å². The number of carboxylic acids is 1. The van der Waals surface area contributed by atoms with Crippen LogP contribution >= 0.6 is 0 Å². The number of carbonyl (C=O) groups is 1. The van der Waals surface area contributed by atoms with Crippen LogP contribution in [0.15, 0.2) is 35.0 Å². The first kappa shape index (κ1) is 9.59. The molecule has 3 rings (SSSR count). The van der Waals surface area contributed by atoms with Gasteiger partial charge in [-0.2, -0.15) is 5.10 Å². The monoisotopic (exact) mass is 229 g/mol. The van der Waals surface area contributed by atoms with E-state index in [4.69, 9.17) is 9.52 Å². The van der Waals surface area contributed by atoms with Crippen molar-refractivity contribution in [3.63, 3.8) is 0 Å². The lowest BCUT2D eigenvalue weighted by Crippen LogP contribution is -1.94. The zero-order valence-electron chi connectivity index (χ0n) is 8.54. The Hall–Kier alpha value is -2.63. The zero-order valence-corrected chi connectivity index (χ0v) is 8.54. The molecule has 6 heteroatoms. The van der Waals surface area contributed by atoms with Gasteiger partial charge in [0.15, 0.2) is 5.58 Å². The number of benzene rings is 1. The van der Waals surface area contributed by atoms with E-state index >= 15 is 0 Å². The molecule has 0 unspecified atom stereocenters. The fourth-order valence-corrected chi connectivity index (χ4v) is 1.55. The van der Waals surface area contributed by atoms with E-state index in [1.807, 2.05) is 0 Å². The van der Waals surface area contributed by atoms with E-state index in [9.17, 15) is 4.79 Å². The quantitative estimate of drug-likeness (QED) is 0.700. The highest BCUT2D eigenvalue weighted by atomic mass is 16.4. The van der Waals surface area contributed by atoms with Crippen molar-refractivity contribution in [1.82, 2.24) is 15.2 Å². The zero-order chi connectivity index (χ0) is 11.8. The molecule has 0 atom stereocenters. The van der Waals surface area contributed by atoms with Crippen LogP contribution in [-0.4, -0.2) is 26.3 Å². The number of H-pyrrole nitrogens is 1. The van der Waals surface area contributed by atoms with Crippen molar-refractivity contribution in [3.05, 3.63) is 36.2 Å². The molecule has 0 spiro atoms. The number of oxazole rings is 1. The molecule has 2 N–H and O–H groups in total. The van der Waals surface area contributed by atoms with Crippen LogP contribution in [0.2, 0.25) is 0 Å². The van der Waals surface area contributed by atoms with E-state index < -0.39 is 5.97 Å². The van der Waals surface area contributed by atoms with Gasteiger partial charge in [0.25, 0.3) is 0 Å². The average molecular weight is 229 g/mol. The standard InChI is InChI=1S/C11H7N3O3/c15-11(16)6-1-2-8-9(3-6)17-10(14-8)7-4-12-13-5-7/h1-5H,(H,12,13)(H,15,16). The van der Waals surface area contributed by atoms with E-state index in [0.29, 0.717) is 17.0 Å². The summed E-state index contributed by atoms with van der Waals surface area (Å²) in [7, 11) is 0. The third-order valence-electron chi connectivity index (χ3n) is 2.38. The molecule has 0 aliphatic carbocycles. The third kappa shape index (κ3) is 1.55. The number of aromatic carboxylic acids is 1. The predicted octanol–water partition coefficient (Wildman–Crippen LogP) is 1.92. The molecule has 17 heavy (non-hydrogen) atoms. The van der Waals surface area contributed by atoms with E-state index in [0.717, 1.165) is 5.56 Å². The van der Waals surface area contributed by atoms with E-state index in [1.54, 1.807) is 18.5 Å². The number of aromatic amines is 1. The molecule has 0 bridgehead atoms. The lowest BCUT2D eigenvalue weighted by Gasteiger charge is -1.91. The van der Waals surface area contributed by atoms with Crippen molar-refractivity contribution in [2.75, 3.05) is 0 Å². The van der Waals surface area contributed by atoms with Crippen molar-refractivity contribution >= 4 is 17.1 Å². The Bertz CT molecular complexity index is 685. The molecule has 0 saturated heterocycles. The number of aromatic nitrogens is 3. The minimum Gasteiger partial charge on any atom is -0.478 e. The SMILES string of the molecule is O=C(O)c1ccc2nc(-c3cn[nH]c3)oc2c1. The third-order valence-corrected chi connectivity index (χ3v) is 2.38. The van der Waals surface area contributed by atoms with Crippen LogP contribution in [0.3, 0.4) is 0 Å². The van der Waals surface area contributed by atoms with Crippen LogP contribution in [0, 0.1) is 0 Å². The summed E-state index contributed by atoms with van der Waals surface area (Å²) >= 11 is 0. The molecule has 0 radical (unpaired) electrons. The summed E-state index contributed by atoms with van der Waals surface area (Å²) in [6, 6.07) is 4.56. The highest BCUT2D eigenvalue weighted by molar-refractivity contribution is 5.92. The highest BCUT2D eigenvalue weighted by Gasteiger charge is 2.11. The number of nitrogens with one attached hydrogen (secondary N) is 1. The van der Waals surface area contributed by atoms with Gasteiger partial charge >= 0.3 is 5.97 Å². The Morgan fingerprint density at radius 1 is 1.41 bits per heavy atom. The van der Waals surface area contributed by atoms with Crippen LogP contribution in [-0.2, 0) is 0 Å². The van der Waals surface area contributed by atoms with Crippen molar-refractivity contribution in [3.8, 4) is 11.5 Å². The molecule has 84 valence electrons. The second kappa shape index (κ2) is 3.44. The number of nitrogens with zero attached hydrogens (tertiary/aromatic N) is 2. The summed E-state index contributed by atoms with van der Waals surface area (Å²) in [5, 5.41) is 15.3. The Balaban J connectivity index is 2.16. The molecule has 3 aromatic rings. The molecule has 0 aliphatic heterocycles. The van der Waals surface area contributed by atoms with Crippen LogP contribution in [0.4, 0.5) is 0 Å². The second-order valence-electron chi connectivity index (χ2n) is 3.49. The maximum Gasteiger partial charge on any atom is 0.335 e. The minimum absolute atomic E-state index is 0.174. The molecular formula is C11H7N3O3. The predicted molar refractivity (Wildman–Crippen MR) is 58.6 cm³/mol. The minimum atomic E-state index is -0.992. The second-order valence-corrected chi connectivity index (χ2v) is 3.49. The molecular weight excluding hydrogens is 222 g/mol. The lowest BCUT2D eigenvalue weighted by atomic mass is 10.2. The molecule has 2 heterocycles. The van der Waals surface area contributed by atoms with E-state index in [-0.39, 0.29) is 5.56 Å². The van der Waals surface area contributed by atoms with Crippen LogP contribution < -0.4 is 0 Å². The normalized spacial score (nSPS) is 10.8. The first-order chi connectivity index (χ1) is 8.24. The molecule has 0 saturated carbocycles. The summed E-state index contributed by atoms with van der Waals surface area (Å²) in [6.07, 6.45) is 3.24. The van der Waals surface area contributed by atoms with Gasteiger partial charge in [-0.1, -0.05) is 0 Å². The van der Waals surface area contributed by atoms with Gasteiger partial charge in [0, 0.05) is 6.20 Å². The lowest BCUT2D eigenvalue weighted by molar-refractivity contribution is 0.0697. The van der Waals surface area contributed by atoms with E-state index in [2.05, 4.69) is 15.2 Å². The topological polar surface area (TPSA) is 92.0 Å². The van der Waals surface area contributed by atoms with Gasteiger partial charge in [-0.25, -0.2) is 9.78 Å². The van der Waals surface area contributed by atoms with Gasteiger partial charge in [0.1, 0.15) is 5.52 Å². The number of hydrogen-bond acceptors (Lipinski definition) is 4. The Kier molecular flexibility index (Phi) is 1.94. The molecule has 0 amide bonds. The summed E-state index contributed by atoms with van der Waals surface area (Å²) in [5.41, 5.74) is 1.96. The van der Waals surface area contributed by atoms with Crippen molar-refractivity contribution in [2.24, 2.45) is 0 Å². The van der Waals surface area contributed by atoms with Crippen LogP contribution in [0.5, 0.6) is 0 Å². The van der Waals surface area contributed by atoms with Gasteiger partial charge in [-0.05, 0) is 18.2 Å². The fraction of sp³-hybridized carbons (Fsp3) is 0. The first-order valence-electron chi connectivity index (χ1n) is 4.87. The maximum atomic E-state index is 10.8. The Labute approximate surface area is 94.9 Å². The molecule has 2 aromatic heterocycles. The maximum absolute atomic E-state index is 10.8. The molecule has 0 fully saturated rings. The summed E-state index contributed by atoms with van der Waals surface area (Å²) < 4.78 is 5.47. The average Bonchev–Trinajstić information content (AvgIpc) is 2.96. The number of rotatable bonds is 2.